The van der Waals surface area contributed by atoms with E-state index in [9.17, 15) is 0 Å². The van der Waals surface area contributed by atoms with Crippen LogP contribution in [0.1, 0.15) is 66.6 Å². The third-order valence-corrected chi connectivity index (χ3v) is 3.07. The zero-order valence-corrected chi connectivity index (χ0v) is 14.7. The van der Waals surface area contributed by atoms with E-state index in [0.717, 1.165) is 22.7 Å². The lowest BCUT2D eigenvalue weighted by atomic mass is 9.82. The molecule has 0 aliphatic heterocycles. The first-order chi connectivity index (χ1) is 8.48. The minimum atomic E-state index is 0.000291. The maximum atomic E-state index is 4.60. The average Bonchev–Trinajstić information content (AvgIpc) is 2.10. The van der Waals surface area contributed by atoms with Crippen molar-refractivity contribution in [3.05, 3.63) is 16.5 Å². The highest BCUT2D eigenvalue weighted by Crippen LogP contribution is 2.30. The maximum absolute atomic E-state index is 4.60. The molecule has 0 spiro atoms. The van der Waals surface area contributed by atoms with Crippen LogP contribution in [0.5, 0.6) is 0 Å². The SMILES string of the molecule is CC(C)c1nc(Br)cc(NC(C)(C)CC(C)(C)C)n1. The zero-order valence-electron chi connectivity index (χ0n) is 13.1. The second kappa shape index (κ2) is 5.78. The summed E-state index contributed by atoms with van der Waals surface area (Å²) in [4.78, 5) is 9.00. The van der Waals surface area contributed by atoms with E-state index in [2.05, 4.69) is 79.7 Å². The molecule has 0 saturated carbocycles. The summed E-state index contributed by atoms with van der Waals surface area (Å²) in [7, 11) is 0. The summed E-state index contributed by atoms with van der Waals surface area (Å²) in [6.45, 7) is 15.4. The molecule has 1 aromatic heterocycles. The second-order valence-electron chi connectivity index (χ2n) is 7.34. The number of anilines is 1. The van der Waals surface area contributed by atoms with E-state index in [0.29, 0.717) is 5.92 Å². The molecule has 0 fully saturated rings. The van der Waals surface area contributed by atoms with Crippen molar-refractivity contribution in [3.63, 3.8) is 0 Å². The molecule has 1 rings (SSSR count). The van der Waals surface area contributed by atoms with Gasteiger partial charge in [0.05, 0.1) is 0 Å². The van der Waals surface area contributed by atoms with Gasteiger partial charge in [0.25, 0.3) is 0 Å². The highest BCUT2D eigenvalue weighted by atomic mass is 79.9. The van der Waals surface area contributed by atoms with Crippen LogP contribution < -0.4 is 5.32 Å². The van der Waals surface area contributed by atoms with Crippen LogP contribution >= 0.6 is 15.9 Å². The smallest absolute Gasteiger partial charge is 0.134 e. The van der Waals surface area contributed by atoms with Crippen LogP contribution in [0.4, 0.5) is 5.82 Å². The van der Waals surface area contributed by atoms with Crippen LogP contribution in [0.2, 0.25) is 0 Å². The Balaban J connectivity index is 2.93. The van der Waals surface area contributed by atoms with Crippen LogP contribution in [0.15, 0.2) is 10.7 Å². The first-order valence-electron chi connectivity index (χ1n) is 6.81. The van der Waals surface area contributed by atoms with E-state index < -0.39 is 0 Å². The van der Waals surface area contributed by atoms with Gasteiger partial charge in [0.2, 0.25) is 0 Å². The number of halogens is 1. The summed E-state index contributed by atoms with van der Waals surface area (Å²) >= 11 is 3.46. The van der Waals surface area contributed by atoms with Gasteiger partial charge >= 0.3 is 0 Å². The molecule has 1 N–H and O–H groups in total. The van der Waals surface area contributed by atoms with Crippen molar-refractivity contribution >= 4 is 21.7 Å². The molecule has 0 atom stereocenters. The Morgan fingerprint density at radius 1 is 1.16 bits per heavy atom. The lowest BCUT2D eigenvalue weighted by molar-refractivity contribution is 0.302. The van der Waals surface area contributed by atoms with Gasteiger partial charge in [-0.25, -0.2) is 9.97 Å². The molecular formula is C15H26BrN3. The summed E-state index contributed by atoms with van der Waals surface area (Å²) < 4.78 is 0.834. The van der Waals surface area contributed by atoms with E-state index in [-0.39, 0.29) is 11.0 Å². The molecule has 0 bridgehead atoms. The van der Waals surface area contributed by atoms with Gasteiger partial charge in [0.1, 0.15) is 16.2 Å². The second-order valence-corrected chi connectivity index (χ2v) is 8.15. The van der Waals surface area contributed by atoms with Gasteiger partial charge in [0, 0.05) is 17.5 Å². The van der Waals surface area contributed by atoms with E-state index in [1.54, 1.807) is 0 Å². The predicted molar refractivity (Wildman–Crippen MR) is 85.6 cm³/mol. The number of aromatic nitrogens is 2. The minimum absolute atomic E-state index is 0.000291. The Hall–Kier alpha value is -0.640. The Labute approximate surface area is 125 Å². The first kappa shape index (κ1) is 16.4. The Morgan fingerprint density at radius 2 is 1.74 bits per heavy atom. The largest absolute Gasteiger partial charge is 0.365 e. The van der Waals surface area contributed by atoms with Gasteiger partial charge in [0.15, 0.2) is 0 Å². The summed E-state index contributed by atoms with van der Waals surface area (Å²) in [6.07, 6.45) is 1.07. The quantitative estimate of drug-likeness (QED) is 0.791. The maximum Gasteiger partial charge on any atom is 0.134 e. The van der Waals surface area contributed by atoms with Crippen molar-refractivity contribution in [2.45, 2.75) is 66.3 Å². The molecular weight excluding hydrogens is 302 g/mol. The van der Waals surface area contributed by atoms with Gasteiger partial charge in [-0.1, -0.05) is 34.6 Å². The van der Waals surface area contributed by atoms with Crippen molar-refractivity contribution in [1.29, 1.82) is 0 Å². The van der Waals surface area contributed by atoms with E-state index in [1.165, 1.54) is 0 Å². The fourth-order valence-corrected chi connectivity index (χ4v) is 2.87. The normalized spacial score (nSPS) is 12.9. The molecule has 0 unspecified atom stereocenters. The van der Waals surface area contributed by atoms with Gasteiger partial charge in [-0.05, 0) is 41.6 Å². The van der Waals surface area contributed by atoms with Crippen molar-refractivity contribution in [2.75, 3.05) is 5.32 Å². The number of hydrogen-bond acceptors (Lipinski definition) is 3. The van der Waals surface area contributed by atoms with Crippen LogP contribution in [-0.2, 0) is 0 Å². The van der Waals surface area contributed by atoms with E-state index >= 15 is 0 Å². The first-order valence-corrected chi connectivity index (χ1v) is 7.60. The number of nitrogens with zero attached hydrogens (tertiary/aromatic N) is 2. The van der Waals surface area contributed by atoms with Crippen molar-refractivity contribution < 1.29 is 0 Å². The summed E-state index contributed by atoms with van der Waals surface area (Å²) in [6, 6.07) is 1.94. The molecule has 19 heavy (non-hydrogen) atoms. The lowest BCUT2D eigenvalue weighted by Crippen LogP contribution is -2.35. The monoisotopic (exact) mass is 327 g/mol. The summed E-state index contributed by atoms with van der Waals surface area (Å²) in [5.41, 5.74) is 0.280. The van der Waals surface area contributed by atoms with Crippen LogP contribution in [0.3, 0.4) is 0 Å². The molecule has 0 aromatic carbocycles. The van der Waals surface area contributed by atoms with Crippen LogP contribution in [0.25, 0.3) is 0 Å². The van der Waals surface area contributed by atoms with Gasteiger partial charge < -0.3 is 5.32 Å². The Morgan fingerprint density at radius 3 is 2.21 bits per heavy atom. The molecule has 108 valence electrons. The highest BCUT2D eigenvalue weighted by Gasteiger charge is 2.26. The van der Waals surface area contributed by atoms with Crippen molar-refractivity contribution in [3.8, 4) is 0 Å². The number of rotatable bonds is 4. The van der Waals surface area contributed by atoms with Crippen molar-refractivity contribution in [2.24, 2.45) is 5.41 Å². The number of nitrogens with one attached hydrogen (secondary N) is 1. The molecule has 1 aromatic rings. The molecule has 0 aliphatic carbocycles. The van der Waals surface area contributed by atoms with Crippen LogP contribution in [0, 0.1) is 5.41 Å². The van der Waals surface area contributed by atoms with Gasteiger partial charge in [-0.3, -0.25) is 0 Å². The van der Waals surface area contributed by atoms with Crippen molar-refractivity contribution in [1.82, 2.24) is 9.97 Å². The van der Waals surface area contributed by atoms with Gasteiger partial charge in [-0.15, -0.1) is 0 Å². The molecule has 0 amide bonds. The third-order valence-electron chi connectivity index (χ3n) is 2.67. The minimum Gasteiger partial charge on any atom is -0.365 e. The molecule has 0 saturated heterocycles. The standard InChI is InChI=1S/C15H26BrN3/c1-10(2)13-17-11(16)8-12(18-13)19-15(6,7)9-14(3,4)5/h8,10H,9H2,1-7H3,(H,17,18,19). The fourth-order valence-electron chi connectivity index (χ4n) is 2.47. The van der Waals surface area contributed by atoms with E-state index in [4.69, 9.17) is 0 Å². The van der Waals surface area contributed by atoms with Gasteiger partial charge in [-0.2, -0.15) is 0 Å². The van der Waals surface area contributed by atoms with E-state index in [1.807, 2.05) is 6.07 Å². The average molecular weight is 328 g/mol. The molecule has 0 radical (unpaired) electrons. The number of hydrogen-bond donors (Lipinski definition) is 1. The predicted octanol–water partition coefficient (Wildman–Crippen LogP) is 4.99. The Kier molecular flexibility index (Phi) is 4.99. The van der Waals surface area contributed by atoms with Crippen LogP contribution in [-0.4, -0.2) is 15.5 Å². The summed E-state index contributed by atoms with van der Waals surface area (Å²) in [5, 5.41) is 3.53. The lowest BCUT2D eigenvalue weighted by Gasteiger charge is -2.33. The molecule has 4 heteroatoms. The fraction of sp³-hybridized carbons (Fsp3) is 0.733. The summed E-state index contributed by atoms with van der Waals surface area (Å²) in [5.74, 6) is 2.08. The third kappa shape index (κ3) is 5.89. The topological polar surface area (TPSA) is 37.8 Å². The molecule has 1 heterocycles. The molecule has 0 aliphatic rings. The zero-order chi connectivity index (χ0) is 14.8. The highest BCUT2D eigenvalue weighted by molar-refractivity contribution is 9.10. The molecule has 3 nitrogen and oxygen atoms in total. The Bertz CT molecular complexity index is 434.